The second-order valence-electron chi connectivity index (χ2n) is 4.26. The Kier molecular flexibility index (Phi) is 2.48. The van der Waals surface area contributed by atoms with Gasteiger partial charge in [0.1, 0.15) is 0 Å². The summed E-state index contributed by atoms with van der Waals surface area (Å²) in [7, 11) is 0. The van der Waals surface area contributed by atoms with E-state index in [-0.39, 0.29) is 11.9 Å². The fraction of sp³-hybridized carbons (Fsp3) is 0.600. The van der Waals surface area contributed by atoms with E-state index in [0.29, 0.717) is 6.54 Å². The summed E-state index contributed by atoms with van der Waals surface area (Å²) in [5.74, 6) is -0.0397. The van der Waals surface area contributed by atoms with Gasteiger partial charge in [-0.2, -0.15) is 5.10 Å². The molecule has 82 valence electrons. The number of nitrogens with one attached hydrogen (secondary N) is 1. The van der Waals surface area contributed by atoms with E-state index in [9.17, 15) is 4.79 Å². The van der Waals surface area contributed by atoms with Crippen LogP contribution in [0, 0.1) is 0 Å². The summed E-state index contributed by atoms with van der Waals surface area (Å²) in [5, 5.41) is 6.97. The average molecular weight is 208 g/mol. The van der Waals surface area contributed by atoms with E-state index >= 15 is 0 Å². The maximum absolute atomic E-state index is 11.6. The quantitative estimate of drug-likeness (QED) is 0.724. The van der Waals surface area contributed by atoms with Crippen molar-refractivity contribution in [1.82, 2.24) is 15.1 Å². The first-order valence-corrected chi connectivity index (χ1v) is 5.17. The van der Waals surface area contributed by atoms with Crippen molar-refractivity contribution < 1.29 is 4.79 Å². The Morgan fingerprint density at radius 1 is 1.73 bits per heavy atom. The number of carbonyl (C=O) groups excluding carboxylic acids is 1. The smallest absolute Gasteiger partial charge is 0.240 e. The van der Waals surface area contributed by atoms with Crippen LogP contribution in [0.5, 0.6) is 0 Å². The van der Waals surface area contributed by atoms with Crippen LogP contribution in [0.15, 0.2) is 18.5 Å². The summed E-state index contributed by atoms with van der Waals surface area (Å²) >= 11 is 0. The molecule has 1 aliphatic rings. The minimum Gasteiger partial charge on any atom is -0.350 e. The van der Waals surface area contributed by atoms with Gasteiger partial charge < -0.3 is 11.1 Å². The van der Waals surface area contributed by atoms with Gasteiger partial charge in [0.25, 0.3) is 0 Å². The van der Waals surface area contributed by atoms with Crippen LogP contribution in [-0.2, 0) is 11.3 Å². The van der Waals surface area contributed by atoms with E-state index in [1.165, 1.54) is 0 Å². The summed E-state index contributed by atoms with van der Waals surface area (Å²) in [6.07, 6.45) is 5.19. The lowest BCUT2D eigenvalue weighted by Crippen LogP contribution is -2.47. The number of nitrogens with zero attached hydrogens (tertiary/aromatic N) is 2. The van der Waals surface area contributed by atoms with Crippen LogP contribution in [0.3, 0.4) is 0 Å². The monoisotopic (exact) mass is 208 g/mol. The van der Waals surface area contributed by atoms with Crippen molar-refractivity contribution in [2.45, 2.75) is 37.9 Å². The predicted molar refractivity (Wildman–Crippen MR) is 56.0 cm³/mol. The van der Waals surface area contributed by atoms with Crippen molar-refractivity contribution in [3.8, 4) is 0 Å². The Morgan fingerprint density at radius 2 is 2.47 bits per heavy atom. The lowest BCUT2D eigenvalue weighted by atomic mass is 10.2. The first-order chi connectivity index (χ1) is 7.10. The Bertz CT molecular complexity index is 342. The van der Waals surface area contributed by atoms with Gasteiger partial charge in [-0.3, -0.25) is 9.48 Å². The zero-order valence-corrected chi connectivity index (χ0v) is 8.81. The van der Waals surface area contributed by atoms with E-state index in [2.05, 4.69) is 10.4 Å². The zero-order valence-electron chi connectivity index (χ0n) is 8.81. The lowest BCUT2D eigenvalue weighted by Gasteiger charge is -2.16. The molecule has 5 nitrogen and oxygen atoms in total. The van der Waals surface area contributed by atoms with Gasteiger partial charge in [0.15, 0.2) is 0 Å². The molecule has 0 radical (unpaired) electrons. The van der Waals surface area contributed by atoms with Crippen LogP contribution < -0.4 is 11.1 Å². The van der Waals surface area contributed by atoms with Crippen molar-refractivity contribution in [2.24, 2.45) is 5.73 Å². The Morgan fingerprint density at radius 3 is 3.00 bits per heavy atom. The molecule has 1 amide bonds. The van der Waals surface area contributed by atoms with E-state index in [1.54, 1.807) is 10.9 Å². The van der Waals surface area contributed by atoms with Gasteiger partial charge >= 0.3 is 0 Å². The summed E-state index contributed by atoms with van der Waals surface area (Å²) < 4.78 is 1.79. The SMILES string of the molecule is CC(Cn1cccn1)NC(=O)C1(N)CC1. The number of carbonyl (C=O) groups is 1. The molecule has 0 aromatic carbocycles. The minimum absolute atomic E-state index is 0.0397. The minimum atomic E-state index is -0.585. The molecular formula is C10H16N4O. The number of amides is 1. The predicted octanol–water partition coefficient (Wildman–Crippen LogP) is -0.121. The van der Waals surface area contributed by atoms with Gasteiger partial charge in [-0.05, 0) is 25.8 Å². The maximum atomic E-state index is 11.6. The molecule has 1 fully saturated rings. The first-order valence-electron chi connectivity index (χ1n) is 5.17. The zero-order chi connectivity index (χ0) is 10.9. The van der Waals surface area contributed by atoms with Crippen molar-refractivity contribution in [2.75, 3.05) is 0 Å². The summed E-state index contributed by atoms with van der Waals surface area (Å²) in [5.41, 5.74) is 5.19. The van der Waals surface area contributed by atoms with Crippen LogP contribution in [0.4, 0.5) is 0 Å². The second kappa shape index (κ2) is 3.66. The van der Waals surface area contributed by atoms with Gasteiger partial charge in [-0.15, -0.1) is 0 Å². The topological polar surface area (TPSA) is 72.9 Å². The largest absolute Gasteiger partial charge is 0.350 e. The highest BCUT2D eigenvalue weighted by Gasteiger charge is 2.46. The fourth-order valence-corrected chi connectivity index (χ4v) is 1.46. The van der Waals surface area contributed by atoms with Crippen LogP contribution in [0.1, 0.15) is 19.8 Å². The molecule has 0 saturated heterocycles. The van der Waals surface area contributed by atoms with Crippen LogP contribution >= 0.6 is 0 Å². The number of nitrogens with two attached hydrogens (primary N) is 1. The molecule has 1 atom stereocenters. The van der Waals surface area contributed by atoms with Gasteiger partial charge in [0, 0.05) is 18.4 Å². The number of rotatable bonds is 4. The van der Waals surface area contributed by atoms with E-state index in [4.69, 9.17) is 5.73 Å². The molecule has 1 aromatic heterocycles. The molecule has 0 aliphatic heterocycles. The third kappa shape index (κ3) is 2.36. The van der Waals surface area contributed by atoms with Gasteiger partial charge in [-0.25, -0.2) is 0 Å². The third-order valence-corrected chi connectivity index (χ3v) is 2.64. The number of hydrogen-bond acceptors (Lipinski definition) is 3. The summed E-state index contributed by atoms with van der Waals surface area (Å²) in [6.45, 7) is 2.63. The first kappa shape index (κ1) is 10.2. The molecule has 1 aliphatic carbocycles. The third-order valence-electron chi connectivity index (χ3n) is 2.64. The lowest BCUT2D eigenvalue weighted by molar-refractivity contribution is -0.123. The van der Waals surface area contributed by atoms with E-state index in [0.717, 1.165) is 12.8 Å². The average Bonchev–Trinajstić information content (AvgIpc) is 2.74. The molecule has 2 rings (SSSR count). The molecule has 1 saturated carbocycles. The number of hydrogen-bond donors (Lipinski definition) is 2. The van der Waals surface area contributed by atoms with Gasteiger partial charge in [0.2, 0.25) is 5.91 Å². The number of aromatic nitrogens is 2. The molecular weight excluding hydrogens is 192 g/mol. The molecule has 3 N–H and O–H groups in total. The Hall–Kier alpha value is -1.36. The highest BCUT2D eigenvalue weighted by Crippen LogP contribution is 2.32. The fourth-order valence-electron chi connectivity index (χ4n) is 1.46. The van der Waals surface area contributed by atoms with Crippen molar-refractivity contribution >= 4 is 5.91 Å². The van der Waals surface area contributed by atoms with Crippen LogP contribution in [-0.4, -0.2) is 27.3 Å². The van der Waals surface area contributed by atoms with Gasteiger partial charge in [0.05, 0.1) is 12.1 Å². The Balaban J connectivity index is 1.82. The van der Waals surface area contributed by atoms with Crippen molar-refractivity contribution in [1.29, 1.82) is 0 Å². The van der Waals surface area contributed by atoms with Crippen molar-refractivity contribution in [3.05, 3.63) is 18.5 Å². The second-order valence-corrected chi connectivity index (χ2v) is 4.26. The highest BCUT2D eigenvalue weighted by molar-refractivity contribution is 5.89. The van der Waals surface area contributed by atoms with E-state index in [1.807, 2.05) is 19.2 Å². The maximum Gasteiger partial charge on any atom is 0.240 e. The van der Waals surface area contributed by atoms with Gasteiger partial charge in [-0.1, -0.05) is 0 Å². The normalized spacial score (nSPS) is 19.6. The standard InChI is InChI=1S/C10H16N4O/c1-8(7-14-6-2-5-12-14)13-9(15)10(11)3-4-10/h2,5-6,8H,3-4,7,11H2,1H3,(H,13,15). The van der Waals surface area contributed by atoms with Crippen LogP contribution in [0.2, 0.25) is 0 Å². The summed E-state index contributed by atoms with van der Waals surface area (Å²) in [6, 6.07) is 1.92. The molecule has 1 aromatic rings. The van der Waals surface area contributed by atoms with Crippen LogP contribution in [0.25, 0.3) is 0 Å². The molecule has 0 bridgehead atoms. The molecule has 1 unspecified atom stereocenters. The molecule has 5 heteroatoms. The van der Waals surface area contributed by atoms with E-state index < -0.39 is 5.54 Å². The van der Waals surface area contributed by atoms with Crippen molar-refractivity contribution in [3.63, 3.8) is 0 Å². The molecule has 1 heterocycles. The molecule has 0 spiro atoms. The molecule has 15 heavy (non-hydrogen) atoms. The Labute approximate surface area is 88.6 Å². The highest BCUT2D eigenvalue weighted by atomic mass is 16.2. The summed E-state index contributed by atoms with van der Waals surface area (Å²) in [4.78, 5) is 11.6.